The van der Waals surface area contributed by atoms with Gasteiger partial charge < -0.3 is 4.57 Å². The summed E-state index contributed by atoms with van der Waals surface area (Å²) in [6, 6.07) is 16.7. The first-order valence-electron chi connectivity index (χ1n) is 7.06. The first kappa shape index (κ1) is 12.1. The highest BCUT2D eigenvalue weighted by atomic mass is 15.5. The number of hydrogen-bond donors (Lipinski definition) is 0. The number of aryl methyl sites for hydroxylation is 1. The number of imidazole rings is 1. The number of hydrogen-bond acceptors (Lipinski definition) is 3. The van der Waals surface area contributed by atoms with Crippen LogP contribution >= 0.6 is 0 Å². The van der Waals surface area contributed by atoms with E-state index in [9.17, 15) is 0 Å². The number of rotatable bonds is 1. The van der Waals surface area contributed by atoms with Crippen molar-refractivity contribution in [1.29, 1.82) is 0 Å². The summed E-state index contributed by atoms with van der Waals surface area (Å²) in [5, 5.41) is 6.55. The zero-order chi connectivity index (χ0) is 14.4. The molecule has 0 saturated carbocycles. The highest BCUT2D eigenvalue weighted by Gasteiger charge is 2.21. The minimum atomic E-state index is 0.753. The predicted molar refractivity (Wildman–Crippen MR) is 85.9 cm³/mol. The summed E-state index contributed by atoms with van der Waals surface area (Å²) in [4.78, 5) is 4.66. The molecule has 0 spiro atoms. The second kappa shape index (κ2) is 4.45. The first-order chi connectivity index (χ1) is 10.2. The van der Waals surface area contributed by atoms with Crippen LogP contribution in [0.1, 0.15) is 11.1 Å². The maximum Gasteiger partial charge on any atom is 0.227 e. The molecule has 4 rings (SSSR count). The van der Waals surface area contributed by atoms with Gasteiger partial charge in [0.15, 0.2) is 0 Å². The van der Waals surface area contributed by atoms with Crippen LogP contribution < -0.4 is 5.01 Å². The molecule has 0 fully saturated rings. The van der Waals surface area contributed by atoms with Gasteiger partial charge >= 0.3 is 0 Å². The average Bonchev–Trinajstić information content (AvgIpc) is 2.87. The molecule has 0 radical (unpaired) electrons. The van der Waals surface area contributed by atoms with E-state index in [1.54, 1.807) is 0 Å². The number of para-hydroxylation sites is 2. The highest BCUT2D eigenvalue weighted by Crippen LogP contribution is 2.26. The quantitative estimate of drug-likeness (QED) is 0.684. The van der Waals surface area contributed by atoms with Crippen molar-refractivity contribution < 1.29 is 0 Å². The fraction of sp³-hybridized carbons (Fsp3) is 0.176. The number of benzene rings is 2. The molecule has 1 aliphatic rings. The molecule has 21 heavy (non-hydrogen) atoms. The molecule has 0 atom stereocenters. The van der Waals surface area contributed by atoms with Crippen LogP contribution in [0.4, 0.5) is 5.95 Å². The van der Waals surface area contributed by atoms with Crippen molar-refractivity contribution in [1.82, 2.24) is 9.55 Å². The molecule has 4 heteroatoms. The molecule has 104 valence electrons. The molecular weight excluding hydrogens is 260 g/mol. The van der Waals surface area contributed by atoms with Crippen molar-refractivity contribution in [2.24, 2.45) is 5.10 Å². The molecule has 2 heterocycles. The van der Waals surface area contributed by atoms with E-state index in [0.717, 1.165) is 34.8 Å². The Kier molecular flexibility index (Phi) is 2.57. The number of anilines is 1. The Hall–Kier alpha value is -2.62. The topological polar surface area (TPSA) is 33.4 Å². The van der Waals surface area contributed by atoms with E-state index in [1.807, 2.05) is 24.2 Å². The number of fused-ring (bicyclic) bond motifs is 3. The van der Waals surface area contributed by atoms with Crippen molar-refractivity contribution in [2.45, 2.75) is 13.5 Å². The lowest BCUT2D eigenvalue weighted by molar-refractivity contribution is 0.779. The largest absolute Gasteiger partial charge is 0.303 e. The number of hydrazone groups is 1. The van der Waals surface area contributed by atoms with Gasteiger partial charge in [0, 0.05) is 7.05 Å². The summed E-state index contributed by atoms with van der Waals surface area (Å²) in [6.07, 6.45) is 0. The van der Waals surface area contributed by atoms with Gasteiger partial charge in [-0.2, -0.15) is 5.10 Å². The van der Waals surface area contributed by atoms with Crippen LogP contribution in [0.5, 0.6) is 0 Å². The lowest BCUT2D eigenvalue weighted by Crippen LogP contribution is -2.27. The normalized spacial score (nSPS) is 14.2. The van der Waals surface area contributed by atoms with Crippen molar-refractivity contribution in [3.63, 3.8) is 0 Å². The average molecular weight is 276 g/mol. The summed E-state index contributed by atoms with van der Waals surface area (Å²) in [5.74, 6) is 0.895. The van der Waals surface area contributed by atoms with Crippen LogP contribution in [0.15, 0.2) is 53.6 Å². The van der Waals surface area contributed by atoms with Crippen LogP contribution in [-0.4, -0.2) is 22.3 Å². The summed E-state index contributed by atoms with van der Waals surface area (Å²) in [6.45, 7) is 2.85. The minimum absolute atomic E-state index is 0.753. The Balaban J connectivity index is 1.82. The summed E-state index contributed by atoms with van der Waals surface area (Å²) >= 11 is 0. The van der Waals surface area contributed by atoms with Gasteiger partial charge in [-0.3, -0.25) is 0 Å². The molecule has 0 bridgehead atoms. The Morgan fingerprint density at radius 3 is 2.57 bits per heavy atom. The predicted octanol–water partition coefficient (Wildman–Crippen LogP) is 3.20. The van der Waals surface area contributed by atoms with Crippen LogP contribution in [0.3, 0.4) is 0 Å². The molecule has 3 aromatic rings. The van der Waals surface area contributed by atoms with Crippen molar-refractivity contribution in [2.75, 3.05) is 12.1 Å². The van der Waals surface area contributed by atoms with Gasteiger partial charge in [-0.25, -0.2) is 9.99 Å². The van der Waals surface area contributed by atoms with E-state index < -0.39 is 0 Å². The van der Waals surface area contributed by atoms with E-state index >= 15 is 0 Å². The molecule has 4 nitrogen and oxygen atoms in total. The molecule has 0 amide bonds. The third-order valence-electron chi connectivity index (χ3n) is 3.89. The first-order valence-corrected chi connectivity index (χ1v) is 7.06. The van der Waals surface area contributed by atoms with Crippen LogP contribution in [0.25, 0.3) is 11.0 Å². The van der Waals surface area contributed by atoms with Crippen molar-refractivity contribution >= 4 is 22.7 Å². The zero-order valence-electron chi connectivity index (χ0n) is 12.1. The third kappa shape index (κ3) is 1.91. The number of nitrogens with zero attached hydrogens (tertiary/aromatic N) is 4. The summed E-state index contributed by atoms with van der Waals surface area (Å²) in [5.41, 5.74) is 5.65. The Morgan fingerprint density at radius 2 is 1.76 bits per heavy atom. The van der Waals surface area contributed by atoms with Gasteiger partial charge in [-0.1, -0.05) is 42.0 Å². The SMILES string of the molecule is Cc1ccc(C2=NN(C)c3nc4ccccc4n3C2)cc1. The summed E-state index contributed by atoms with van der Waals surface area (Å²) < 4.78 is 2.22. The standard InChI is InChI=1S/C17H16N4/c1-12-7-9-13(10-8-12)15-11-21-16-6-4-3-5-14(16)18-17(21)20(2)19-15/h3-10H,11H2,1-2H3. The van der Waals surface area contributed by atoms with Crippen molar-refractivity contribution in [3.8, 4) is 0 Å². The van der Waals surface area contributed by atoms with E-state index in [1.165, 1.54) is 5.56 Å². The summed E-state index contributed by atoms with van der Waals surface area (Å²) in [7, 11) is 1.95. The van der Waals surface area contributed by atoms with E-state index in [4.69, 9.17) is 0 Å². The van der Waals surface area contributed by atoms with Gasteiger partial charge in [-0.05, 0) is 24.6 Å². The van der Waals surface area contributed by atoms with Gasteiger partial charge in [0.05, 0.1) is 23.3 Å². The second-order valence-corrected chi connectivity index (χ2v) is 5.42. The van der Waals surface area contributed by atoms with E-state index in [2.05, 4.69) is 58.0 Å². The fourth-order valence-electron chi connectivity index (χ4n) is 2.77. The number of aromatic nitrogens is 2. The molecule has 0 unspecified atom stereocenters. The van der Waals surface area contributed by atoms with Gasteiger partial charge in [-0.15, -0.1) is 0 Å². The molecular formula is C17H16N4. The highest BCUT2D eigenvalue weighted by molar-refractivity contribution is 6.02. The van der Waals surface area contributed by atoms with Gasteiger partial charge in [0.25, 0.3) is 0 Å². The second-order valence-electron chi connectivity index (χ2n) is 5.42. The Bertz CT molecular complexity index is 843. The zero-order valence-corrected chi connectivity index (χ0v) is 12.1. The molecule has 0 N–H and O–H groups in total. The van der Waals surface area contributed by atoms with Crippen LogP contribution in [0.2, 0.25) is 0 Å². The monoisotopic (exact) mass is 276 g/mol. The minimum Gasteiger partial charge on any atom is -0.303 e. The lowest BCUT2D eigenvalue weighted by Gasteiger charge is -2.23. The molecule has 2 aromatic carbocycles. The molecule has 0 aliphatic carbocycles. The van der Waals surface area contributed by atoms with Gasteiger partial charge in [0.1, 0.15) is 0 Å². The smallest absolute Gasteiger partial charge is 0.227 e. The van der Waals surface area contributed by atoms with E-state index in [-0.39, 0.29) is 0 Å². The Labute approximate surface area is 123 Å². The van der Waals surface area contributed by atoms with Crippen LogP contribution in [-0.2, 0) is 6.54 Å². The maximum atomic E-state index is 4.69. The van der Waals surface area contributed by atoms with Crippen molar-refractivity contribution in [3.05, 3.63) is 59.7 Å². The van der Waals surface area contributed by atoms with Gasteiger partial charge in [0.2, 0.25) is 5.95 Å². The Morgan fingerprint density at radius 1 is 1.00 bits per heavy atom. The lowest BCUT2D eigenvalue weighted by atomic mass is 10.1. The van der Waals surface area contributed by atoms with E-state index in [0.29, 0.717) is 0 Å². The molecule has 1 aromatic heterocycles. The third-order valence-corrected chi connectivity index (χ3v) is 3.89. The molecule has 1 aliphatic heterocycles. The maximum absolute atomic E-state index is 4.69. The molecule has 0 saturated heterocycles. The fourth-order valence-corrected chi connectivity index (χ4v) is 2.77. The van der Waals surface area contributed by atoms with Crippen LogP contribution in [0, 0.1) is 6.92 Å².